The molecule has 0 aromatic heterocycles. The van der Waals surface area contributed by atoms with Gasteiger partial charge < -0.3 is 5.32 Å². The molecule has 0 aliphatic heterocycles. The molecule has 3 heteroatoms. The van der Waals surface area contributed by atoms with Crippen LogP contribution in [0.1, 0.15) is 22.7 Å². The third-order valence-electron chi connectivity index (χ3n) is 3.45. The van der Waals surface area contributed by atoms with Gasteiger partial charge in [0.25, 0.3) is 0 Å². The van der Waals surface area contributed by atoms with E-state index in [-0.39, 0.29) is 5.91 Å². The molecule has 0 bridgehead atoms. The maximum Gasteiger partial charge on any atom is 0.246 e. The quantitative estimate of drug-likeness (QED) is 0.831. The van der Waals surface area contributed by atoms with Crippen LogP contribution in [-0.4, -0.2) is 12.5 Å². The summed E-state index contributed by atoms with van der Waals surface area (Å²) in [6.07, 6.45) is 5.31. The first-order chi connectivity index (χ1) is 10.6. The van der Waals surface area contributed by atoms with Crippen molar-refractivity contribution in [3.05, 3.63) is 65.2 Å². The first kappa shape index (κ1) is 15.8. The van der Waals surface area contributed by atoms with E-state index in [0.29, 0.717) is 6.54 Å². The van der Waals surface area contributed by atoms with Gasteiger partial charge in [-0.15, -0.1) is 6.42 Å². The second-order valence-corrected chi connectivity index (χ2v) is 5.24. The predicted octanol–water partition coefficient (Wildman–Crippen LogP) is 3.21. The molecule has 0 heterocycles. The molecule has 0 aliphatic carbocycles. The van der Waals surface area contributed by atoms with E-state index in [4.69, 9.17) is 6.42 Å². The summed E-state index contributed by atoms with van der Waals surface area (Å²) in [7, 11) is 0. The zero-order chi connectivity index (χ0) is 15.9. The molecule has 112 valence electrons. The number of carbonyl (C=O) groups excluding carboxylic acids is 1. The van der Waals surface area contributed by atoms with Crippen LogP contribution in [-0.2, 0) is 4.79 Å². The van der Waals surface area contributed by atoms with E-state index in [9.17, 15) is 4.79 Å². The molecule has 0 unspecified atom stereocenters. The van der Waals surface area contributed by atoms with Gasteiger partial charge in [0.1, 0.15) is 6.04 Å². The van der Waals surface area contributed by atoms with Crippen LogP contribution < -0.4 is 10.6 Å². The summed E-state index contributed by atoms with van der Waals surface area (Å²) in [6, 6.07) is 15.1. The van der Waals surface area contributed by atoms with Crippen molar-refractivity contribution in [2.45, 2.75) is 19.9 Å². The van der Waals surface area contributed by atoms with E-state index >= 15 is 0 Å². The van der Waals surface area contributed by atoms with Gasteiger partial charge in [-0.05, 0) is 36.6 Å². The Kier molecular flexibility index (Phi) is 5.35. The Morgan fingerprint density at radius 1 is 1.18 bits per heavy atom. The number of amides is 1. The second kappa shape index (κ2) is 7.44. The van der Waals surface area contributed by atoms with Gasteiger partial charge in [-0.1, -0.05) is 48.4 Å². The third kappa shape index (κ3) is 3.97. The summed E-state index contributed by atoms with van der Waals surface area (Å²) in [5.41, 5.74) is 3.85. The summed E-state index contributed by atoms with van der Waals surface area (Å²) in [5, 5.41) is 6.08. The first-order valence-electron chi connectivity index (χ1n) is 7.21. The highest BCUT2D eigenvalue weighted by molar-refractivity contribution is 5.96. The van der Waals surface area contributed by atoms with Crippen LogP contribution in [0.2, 0.25) is 0 Å². The molecule has 0 radical (unpaired) electrons. The van der Waals surface area contributed by atoms with Crippen LogP contribution in [0.4, 0.5) is 5.69 Å². The molecule has 3 nitrogen and oxygen atoms in total. The molecule has 22 heavy (non-hydrogen) atoms. The third-order valence-corrected chi connectivity index (χ3v) is 3.45. The van der Waals surface area contributed by atoms with Crippen LogP contribution in [0, 0.1) is 26.2 Å². The van der Waals surface area contributed by atoms with Gasteiger partial charge in [0.15, 0.2) is 0 Å². The molecule has 1 amide bonds. The Balaban J connectivity index is 2.22. The predicted molar refractivity (Wildman–Crippen MR) is 90.6 cm³/mol. The summed E-state index contributed by atoms with van der Waals surface area (Å²) in [5.74, 6) is 2.40. The van der Waals surface area contributed by atoms with Crippen molar-refractivity contribution < 1.29 is 4.79 Å². The molecular weight excluding hydrogens is 272 g/mol. The zero-order valence-electron chi connectivity index (χ0n) is 12.9. The first-order valence-corrected chi connectivity index (χ1v) is 7.21. The maximum absolute atomic E-state index is 12.6. The van der Waals surface area contributed by atoms with Gasteiger partial charge in [0.2, 0.25) is 5.91 Å². The zero-order valence-corrected chi connectivity index (χ0v) is 12.9. The highest BCUT2D eigenvalue weighted by atomic mass is 16.2. The van der Waals surface area contributed by atoms with E-state index in [1.54, 1.807) is 0 Å². The molecule has 0 saturated heterocycles. The molecule has 2 aromatic rings. The van der Waals surface area contributed by atoms with Crippen molar-refractivity contribution in [3.63, 3.8) is 0 Å². The van der Waals surface area contributed by atoms with Gasteiger partial charge in [-0.2, -0.15) is 0 Å². The van der Waals surface area contributed by atoms with Crippen molar-refractivity contribution >= 4 is 11.6 Å². The second-order valence-electron chi connectivity index (χ2n) is 5.24. The molecule has 2 N–H and O–H groups in total. The fourth-order valence-electron chi connectivity index (χ4n) is 2.24. The van der Waals surface area contributed by atoms with Gasteiger partial charge >= 0.3 is 0 Å². The van der Waals surface area contributed by atoms with E-state index < -0.39 is 6.04 Å². The molecule has 2 rings (SSSR count). The maximum atomic E-state index is 12.6. The molecule has 1 atom stereocenters. The topological polar surface area (TPSA) is 41.1 Å². The SMILES string of the molecule is C#CCN[C@@H](C(=O)Nc1cc(C)ccc1C)c1ccccc1. The van der Waals surface area contributed by atoms with E-state index in [1.165, 1.54) is 0 Å². The van der Waals surface area contributed by atoms with Crippen molar-refractivity contribution in [2.75, 3.05) is 11.9 Å². The number of anilines is 1. The van der Waals surface area contributed by atoms with Crippen molar-refractivity contribution in [3.8, 4) is 12.3 Å². The number of aryl methyl sites for hydroxylation is 2. The number of hydrogen-bond acceptors (Lipinski definition) is 2. The monoisotopic (exact) mass is 292 g/mol. The Labute approximate surface area is 131 Å². The lowest BCUT2D eigenvalue weighted by Crippen LogP contribution is -2.33. The largest absolute Gasteiger partial charge is 0.324 e. The standard InChI is InChI=1S/C19H20N2O/c1-4-12-20-18(16-8-6-5-7-9-16)19(22)21-17-13-14(2)10-11-15(17)3/h1,5-11,13,18,20H,12H2,2-3H3,(H,21,22)/t18-/m1/s1. The molecule has 2 aromatic carbocycles. The van der Waals surface area contributed by atoms with E-state index in [2.05, 4.69) is 16.6 Å². The van der Waals surface area contributed by atoms with Crippen LogP contribution in [0.15, 0.2) is 48.5 Å². The average Bonchev–Trinajstić information content (AvgIpc) is 2.52. The minimum atomic E-state index is -0.475. The van der Waals surface area contributed by atoms with Crippen molar-refractivity contribution in [1.29, 1.82) is 0 Å². The molecule has 0 fully saturated rings. The Hall–Kier alpha value is -2.57. The van der Waals surface area contributed by atoms with Crippen molar-refractivity contribution in [2.24, 2.45) is 0 Å². The smallest absolute Gasteiger partial charge is 0.246 e. The average molecular weight is 292 g/mol. The van der Waals surface area contributed by atoms with E-state index in [0.717, 1.165) is 22.4 Å². The van der Waals surface area contributed by atoms with E-state index in [1.807, 2.05) is 62.4 Å². The Bertz CT molecular complexity index is 686. The van der Waals surface area contributed by atoms with Crippen LogP contribution in [0.5, 0.6) is 0 Å². The van der Waals surface area contributed by atoms with Crippen LogP contribution in [0.3, 0.4) is 0 Å². The van der Waals surface area contributed by atoms with Gasteiger partial charge in [0.05, 0.1) is 6.54 Å². The Morgan fingerprint density at radius 2 is 1.91 bits per heavy atom. The number of benzene rings is 2. The normalized spacial score (nSPS) is 11.5. The summed E-state index contributed by atoms with van der Waals surface area (Å²) in [6.45, 7) is 4.31. The molecular formula is C19H20N2O. The summed E-state index contributed by atoms with van der Waals surface area (Å²) >= 11 is 0. The molecule has 0 aliphatic rings. The highest BCUT2D eigenvalue weighted by Gasteiger charge is 2.20. The Morgan fingerprint density at radius 3 is 2.59 bits per heavy atom. The summed E-state index contributed by atoms with van der Waals surface area (Å²) < 4.78 is 0. The fourth-order valence-corrected chi connectivity index (χ4v) is 2.24. The van der Waals surface area contributed by atoms with Crippen LogP contribution >= 0.6 is 0 Å². The van der Waals surface area contributed by atoms with Crippen molar-refractivity contribution in [1.82, 2.24) is 5.32 Å². The minimum absolute atomic E-state index is 0.116. The van der Waals surface area contributed by atoms with Gasteiger partial charge in [-0.25, -0.2) is 0 Å². The number of terminal acetylenes is 1. The highest BCUT2D eigenvalue weighted by Crippen LogP contribution is 2.20. The number of nitrogens with one attached hydrogen (secondary N) is 2. The lowest BCUT2D eigenvalue weighted by atomic mass is 10.1. The molecule has 0 spiro atoms. The van der Waals surface area contributed by atoms with Gasteiger partial charge in [-0.3, -0.25) is 10.1 Å². The lowest BCUT2D eigenvalue weighted by molar-refractivity contribution is -0.118. The summed E-state index contributed by atoms with van der Waals surface area (Å²) in [4.78, 5) is 12.6. The fraction of sp³-hybridized carbons (Fsp3) is 0.211. The number of hydrogen-bond donors (Lipinski definition) is 2. The number of carbonyl (C=O) groups is 1. The molecule has 0 saturated carbocycles. The lowest BCUT2D eigenvalue weighted by Gasteiger charge is -2.18. The number of rotatable bonds is 5. The van der Waals surface area contributed by atoms with Crippen LogP contribution in [0.25, 0.3) is 0 Å². The van der Waals surface area contributed by atoms with Gasteiger partial charge in [0, 0.05) is 5.69 Å². The minimum Gasteiger partial charge on any atom is -0.324 e.